The molecule has 0 heterocycles. The maximum atomic E-state index is 14.6. The lowest BCUT2D eigenvalue weighted by molar-refractivity contribution is -0.146. The number of rotatable bonds is 15. The summed E-state index contributed by atoms with van der Waals surface area (Å²) in [5, 5.41) is 5.80. The van der Waals surface area contributed by atoms with Gasteiger partial charge in [-0.15, -0.1) is 0 Å². The highest BCUT2D eigenvalue weighted by Crippen LogP contribution is 2.32. The van der Waals surface area contributed by atoms with E-state index in [4.69, 9.17) is 9.47 Å². The number of hydrogen-bond acceptors (Lipinski definition) is 12. The number of amides is 3. The molecule has 3 amide bonds. The molecular formula is C30H33F2N3O9S3. The fourth-order valence-electron chi connectivity index (χ4n) is 3.85. The molecule has 3 unspecified atom stereocenters. The van der Waals surface area contributed by atoms with Crippen LogP contribution in [0.3, 0.4) is 0 Å². The van der Waals surface area contributed by atoms with Gasteiger partial charge in [0.15, 0.2) is 0 Å². The van der Waals surface area contributed by atoms with E-state index in [9.17, 15) is 42.3 Å². The summed E-state index contributed by atoms with van der Waals surface area (Å²) in [7, 11) is 0. The van der Waals surface area contributed by atoms with Crippen molar-refractivity contribution in [1.82, 2.24) is 16.0 Å². The molecule has 12 nitrogen and oxygen atoms in total. The molecule has 47 heavy (non-hydrogen) atoms. The lowest BCUT2D eigenvalue weighted by Crippen LogP contribution is -2.44. The van der Waals surface area contributed by atoms with Gasteiger partial charge < -0.3 is 25.4 Å². The molecule has 0 aliphatic carbocycles. The fraction of sp³-hybridized carbons (Fsp3) is 0.367. The van der Waals surface area contributed by atoms with Crippen LogP contribution in [0.25, 0.3) is 11.1 Å². The first-order valence-corrected chi connectivity index (χ1v) is 16.5. The molecule has 2 rings (SSSR count). The molecule has 0 saturated carbocycles. The van der Waals surface area contributed by atoms with Crippen LogP contribution in [-0.4, -0.2) is 81.9 Å². The topological polar surface area (TPSA) is 174 Å². The fourth-order valence-corrected chi connectivity index (χ4v) is 5.95. The van der Waals surface area contributed by atoms with Crippen molar-refractivity contribution in [3.8, 4) is 16.9 Å². The average Bonchev–Trinajstić information content (AvgIpc) is 2.99. The van der Waals surface area contributed by atoms with Crippen LogP contribution in [0.2, 0.25) is 0 Å². The number of carbonyl (C=O) groups is 7. The first-order chi connectivity index (χ1) is 22.2. The largest absolute Gasteiger partial charge is 0.464 e. The summed E-state index contributed by atoms with van der Waals surface area (Å²) in [5.41, 5.74) is -0.167. The molecule has 3 atom stereocenters. The van der Waals surface area contributed by atoms with Crippen LogP contribution < -0.4 is 20.7 Å². The molecule has 2 aromatic carbocycles. The lowest BCUT2D eigenvalue weighted by Gasteiger charge is -2.19. The van der Waals surface area contributed by atoms with Crippen LogP contribution in [0.5, 0.6) is 5.75 Å². The van der Waals surface area contributed by atoms with Gasteiger partial charge in [0.25, 0.3) is 0 Å². The van der Waals surface area contributed by atoms with Crippen molar-refractivity contribution >= 4 is 76.0 Å². The SMILES string of the molecule is CCOC(=O)C(CSC(=O)C(CSC(=O)c1cc(-c2ccc(F)cc2F)ccc1OC(=O)C(CS)NC(C)=O)NC(C)=O)NC(C)=O. The van der Waals surface area contributed by atoms with Crippen molar-refractivity contribution in [3.63, 3.8) is 0 Å². The Kier molecular flexibility index (Phi) is 15.9. The normalized spacial score (nSPS) is 12.6. The van der Waals surface area contributed by atoms with Crippen LogP contribution in [0.1, 0.15) is 38.1 Å². The molecule has 0 aliphatic rings. The number of benzene rings is 2. The van der Waals surface area contributed by atoms with Crippen molar-refractivity contribution < 1.29 is 51.8 Å². The standard InChI is InChI=1S/C30H33F2N3O9S3/c1-5-43-27(39)24(34-16(3)37)13-47-30(42)25(35-17(4)38)14-46-29(41)21-10-18(20-8-7-19(31)11-22(20)32)6-9-26(21)44-28(40)23(12-45)33-15(2)36/h6-11,23-25,45H,5,12-14H2,1-4H3,(H,33,36)(H,34,37)(H,35,38). The zero-order valence-corrected chi connectivity index (χ0v) is 28.2. The van der Waals surface area contributed by atoms with Crippen LogP contribution >= 0.6 is 36.2 Å². The minimum absolute atomic E-state index is 0.0373. The van der Waals surface area contributed by atoms with Gasteiger partial charge in [0.05, 0.1) is 12.2 Å². The van der Waals surface area contributed by atoms with Gasteiger partial charge >= 0.3 is 11.9 Å². The zero-order chi connectivity index (χ0) is 35.3. The van der Waals surface area contributed by atoms with Gasteiger partial charge in [0.1, 0.15) is 35.5 Å². The molecular weight excluding hydrogens is 681 g/mol. The van der Waals surface area contributed by atoms with Crippen molar-refractivity contribution in [2.75, 3.05) is 23.9 Å². The van der Waals surface area contributed by atoms with E-state index in [2.05, 4.69) is 28.6 Å². The second-order valence-electron chi connectivity index (χ2n) is 9.68. The molecule has 0 fully saturated rings. The van der Waals surface area contributed by atoms with E-state index in [0.29, 0.717) is 29.6 Å². The van der Waals surface area contributed by atoms with Crippen molar-refractivity contribution in [3.05, 3.63) is 53.6 Å². The molecule has 0 spiro atoms. The molecule has 254 valence electrons. The molecule has 3 N–H and O–H groups in total. The minimum Gasteiger partial charge on any atom is -0.464 e. The summed E-state index contributed by atoms with van der Waals surface area (Å²) < 4.78 is 38.5. The monoisotopic (exact) mass is 713 g/mol. The van der Waals surface area contributed by atoms with Crippen LogP contribution in [0, 0.1) is 11.6 Å². The Morgan fingerprint density at radius 1 is 0.787 bits per heavy atom. The predicted molar refractivity (Wildman–Crippen MR) is 175 cm³/mol. The van der Waals surface area contributed by atoms with Gasteiger partial charge in [-0.25, -0.2) is 18.4 Å². The van der Waals surface area contributed by atoms with E-state index >= 15 is 0 Å². The first kappa shape index (κ1) is 39.2. The Labute approximate surface area is 283 Å². The van der Waals surface area contributed by atoms with E-state index in [-0.39, 0.29) is 46.3 Å². The third-order valence-electron chi connectivity index (χ3n) is 5.88. The zero-order valence-electron chi connectivity index (χ0n) is 25.7. The molecule has 0 aliphatic heterocycles. The molecule has 0 bridgehead atoms. The number of ether oxygens (including phenoxy) is 2. The summed E-state index contributed by atoms with van der Waals surface area (Å²) in [6.45, 7) is 5.13. The van der Waals surface area contributed by atoms with Crippen molar-refractivity contribution in [2.45, 2.75) is 45.8 Å². The third kappa shape index (κ3) is 12.6. The number of thiol groups is 1. The highest BCUT2D eigenvalue weighted by Gasteiger charge is 2.28. The van der Waals surface area contributed by atoms with Gasteiger partial charge in [0.2, 0.25) is 28.0 Å². The quantitative estimate of drug-likeness (QED) is 0.121. The van der Waals surface area contributed by atoms with Gasteiger partial charge in [-0.2, -0.15) is 12.6 Å². The number of hydrogen-bond donors (Lipinski definition) is 4. The van der Waals surface area contributed by atoms with Gasteiger partial charge in [0, 0.05) is 49.7 Å². The maximum Gasteiger partial charge on any atom is 0.334 e. The van der Waals surface area contributed by atoms with E-state index < -0.39 is 69.7 Å². The number of nitrogens with one attached hydrogen (secondary N) is 3. The van der Waals surface area contributed by atoms with Gasteiger partial charge in [-0.3, -0.25) is 24.0 Å². The highest BCUT2D eigenvalue weighted by atomic mass is 32.2. The second kappa shape index (κ2) is 19.0. The Bertz CT molecular complexity index is 1530. The highest BCUT2D eigenvalue weighted by molar-refractivity contribution is 8.15. The Morgan fingerprint density at radius 2 is 1.38 bits per heavy atom. The first-order valence-electron chi connectivity index (χ1n) is 13.9. The summed E-state index contributed by atoms with van der Waals surface area (Å²) in [4.78, 5) is 86.6. The average molecular weight is 714 g/mol. The van der Waals surface area contributed by atoms with Crippen molar-refractivity contribution in [1.29, 1.82) is 0 Å². The summed E-state index contributed by atoms with van der Waals surface area (Å²) >= 11 is 5.23. The van der Waals surface area contributed by atoms with E-state index in [1.54, 1.807) is 6.92 Å². The van der Waals surface area contributed by atoms with Crippen LogP contribution in [-0.2, 0) is 33.5 Å². The minimum atomic E-state index is -1.25. The molecule has 0 aromatic heterocycles. The molecule has 0 radical (unpaired) electrons. The summed E-state index contributed by atoms with van der Waals surface area (Å²) in [5.74, 6) is -6.06. The van der Waals surface area contributed by atoms with Crippen molar-refractivity contribution in [2.24, 2.45) is 0 Å². The van der Waals surface area contributed by atoms with Gasteiger partial charge in [-0.1, -0.05) is 29.6 Å². The Balaban J connectivity index is 2.37. The van der Waals surface area contributed by atoms with E-state index in [1.165, 1.54) is 32.0 Å². The van der Waals surface area contributed by atoms with Crippen LogP contribution in [0.15, 0.2) is 36.4 Å². The van der Waals surface area contributed by atoms with E-state index in [1.807, 2.05) is 0 Å². The van der Waals surface area contributed by atoms with Crippen LogP contribution in [0.4, 0.5) is 8.78 Å². The third-order valence-corrected chi connectivity index (χ3v) is 8.30. The molecule has 2 aromatic rings. The number of halogens is 2. The number of thioether (sulfide) groups is 2. The summed E-state index contributed by atoms with van der Waals surface area (Å²) in [6, 6.07) is 3.04. The summed E-state index contributed by atoms with van der Waals surface area (Å²) in [6.07, 6.45) is 0. The number of carbonyl (C=O) groups excluding carboxylic acids is 7. The molecule has 0 saturated heterocycles. The predicted octanol–water partition coefficient (Wildman–Crippen LogP) is 2.68. The maximum absolute atomic E-state index is 14.6. The van der Waals surface area contributed by atoms with E-state index in [0.717, 1.165) is 19.1 Å². The Hall–Kier alpha value is -3.96. The Morgan fingerprint density at radius 3 is 1.96 bits per heavy atom. The smallest absolute Gasteiger partial charge is 0.334 e. The second-order valence-corrected chi connectivity index (χ2v) is 12.1. The lowest BCUT2D eigenvalue weighted by atomic mass is 10.0. The molecule has 17 heteroatoms. The number of esters is 2. The van der Waals surface area contributed by atoms with Gasteiger partial charge in [-0.05, 0) is 36.8 Å².